The van der Waals surface area contributed by atoms with E-state index in [1.807, 2.05) is 49.4 Å². The van der Waals surface area contributed by atoms with Crippen LogP contribution in [0.25, 0.3) is 0 Å². The summed E-state index contributed by atoms with van der Waals surface area (Å²) < 4.78 is 6.75. The molecule has 1 fully saturated rings. The molecular formula is C17H15BrO2. The van der Waals surface area contributed by atoms with Gasteiger partial charge in [-0.25, -0.2) is 0 Å². The van der Waals surface area contributed by atoms with Crippen LogP contribution in [0, 0.1) is 6.92 Å². The van der Waals surface area contributed by atoms with Crippen molar-refractivity contribution in [1.29, 1.82) is 0 Å². The molecule has 1 aliphatic carbocycles. The van der Waals surface area contributed by atoms with Gasteiger partial charge < -0.3 is 4.74 Å². The van der Waals surface area contributed by atoms with Gasteiger partial charge in [-0.1, -0.05) is 28.1 Å². The second-order valence-corrected chi connectivity index (χ2v) is 5.99. The summed E-state index contributed by atoms with van der Waals surface area (Å²) in [5, 5.41) is 0. The van der Waals surface area contributed by atoms with Crippen molar-refractivity contribution in [3.63, 3.8) is 0 Å². The highest BCUT2D eigenvalue weighted by atomic mass is 79.9. The zero-order chi connectivity index (χ0) is 14.1. The van der Waals surface area contributed by atoms with Crippen molar-refractivity contribution in [1.82, 2.24) is 0 Å². The summed E-state index contributed by atoms with van der Waals surface area (Å²) in [5.41, 5.74) is 2.43. The Morgan fingerprint density at radius 3 is 2.60 bits per heavy atom. The van der Waals surface area contributed by atoms with Crippen LogP contribution in [0.5, 0.6) is 5.75 Å². The Morgan fingerprint density at radius 2 is 1.90 bits per heavy atom. The molecule has 2 aromatic rings. The molecule has 2 nitrogen and oxygen atoms in total. The predicted octanol–water partition coefficient (Wildman–Crippen LogP) is 4.53. The molecule has 3 heteroatoms. The summed E-state index contributed by atoms with van der Waals surface area (Å²) in [6, 6.07) is 13.1. The van der Waals surface area contributed by atoms with E-state index < -0.39 is 0 Å². The van der Waals surface area contributed by atoms with Crippen molar-refractivity contribution in [2.75, 3.05) is 0 Å². The number of halogens is 1. The smallest absolute Gasteiger partial charge is 0.193 e. The normalized spacial score (nSPS) is 14.1. The third kappa shape index (κ3) is 2.93. The summed E-state index contributed by atoms with van der Waals surface area (Å²) in [7, 11) is 0. The molecule has 0 amide bonds. The Hall–Kier alpha value is -1.61. The topological polar surface area (TPSA) is 26.3 Å². The highest BCUT2D eigenvalue weighted by Crippen LogP contribution is 2.27. The largest absolute Gasteiger partial charge is 0.490 e. The minimum absolute atomic E-state index is 0.0295. The molecule has 0 aliphatic heterocycles. The Kier molecular flexibility index (Phi) is 3.62. The lowest BCUT2D eigenvalue weighted by atomic mass is 10.0. The fraction of sp³-hybridized carbons (Fsp3) is 0.235. The lowest BCUT2D eigenvalue weighted by Crippen LogP contribution is -2.03. The van der Waals surface area contributed by atoms with Gasteiger partial charge >= 0.3 is 0 Å². The molecule has 20 heavy (non-hydrogen) atoms. The van der Waals surface area contributed by atoms with E-state index in [-0.39, 0.29) is 5.78 Å². The second kappa shape index (κ2) is 5.41. The van der Waals surface area contributed by atoms with Crippen molar-refractivity contribution in [2.45, 2.75) is 25.9 Å². The average molecular weight is 331 g/mol. The lowest BCUT2D eigenvalue weighted by molar-refractivity contribution is 0.103. The van der Waals surface area contributed by atoms with Gasteiger partial charge in [-0.3, -0.25) is 4.79 Å². The highest BCUT2D eigenvalue weighted by molar-refractivity contribution is 9.10. The Morgan fingerprint density at radius 1 is 1.15 bits per heavy atom. The summed E-state index contributed by atoms with van der Waals surface area (Å²) in [6.07, 6.45) is 2.57. The van der Waals surface area contributed by atoms with Crippen molar-refractivity contribution in [3.8, 4) is 5.75 Å². The number of carbonyl (C=O) groups is 1. The summed E-state index contributed by atoms with van der Waals surface area (Å²) >= 11 is 3.45. The van der Waals surface area contributed by atoms with E-state index in [1.165, 1.54) is 0 Å². The van der Waals surface area contributed by atoms with Crippen LogP contribution in [0.2, 0.25) is 0 Å². The molecule has 3 rings (SSSR count). The molecule has 0 N–H and O–H groups in total. The van der Waals surface area contributed by atoms with Crippen LogP contribution in [0.15, 0.2) is 46.9 Å². The number of hydrogen-bond donors (Lipinski definition) is 0. The summed E-state index contributed by atoms with van der Waals surface area (Å²) in [5.74, 6) is 0.814. The molecule has 0 atom stereocenters. The van der Waals surface area contributed by atoms with E-state index in [0.717, 1.165) is 28.6 Å². The van der Waals surface area contributed by atoms with Crippen molar-refractivity contribution in [3.05, 3.63) is 63.6 Å². The van der Waals surface area contributed by atoms with Crippen molar-refractivity contribution >= 4 is 21.7 Å². The van der Waals surface area contributed by atoms with E-state index >= 15 is 0 Å². The van der Waals surface area contributed by atoms with Crippen LogP contribution in [0.4, 0.5) is 0 Å². The van der Waals surface area contributed by atoms with E-state index in [1.54, 1.807) is 0 Å². The number of hydrogen-bond acceptors (Lipinski definition) is 2. The summed E-state index contributed by atoms with van der Waals surface area (Å²) in [4.78, 5) is 12.5. The van der Waals surface area contributed by atoms with E-state index in [4.69, 9.17) is 4.74 Å². The maximum absolute atomic E-state index is 12.5. The van der Waals surface area contributed by atoms with Crippen LogP contribution in [0.1, 0.15) is 34.3 Å². The zero-order valence-electron chi connectivity index (χ0n) is 11.2. The molecular weight excluding hydrogens is 316 g/mol. The number of carbonyl (C=O) groups excluding carboxylic acids is 1. The standard InChI is InChI=1S/C17H15BrO2/c1-11-9-13(5-8-16(11)18)17(19)12-3-2-4-15(10-12)20-14-6-7-14/h2-5,8-10,14H,6-7H2,1H3. The number of rotatable bonds is 4. The van der Waals surface area contributed by atoms with Gasteiger partial charge in [0.25, 0.3) is 0 Å². The van der Waals surface area contributed by atoms with Gasteiger partial charge in [0, 0.05) is 15.6 Å². The fourth-order valence-corrected chi connectivity index (χ4v) is 2.29. The fourth-order valence-electron chi connectivity index (χ4n) is 2.04. The van der Waals surface area contributed by atoms with Gasteiger partial charge in [0.05, 0.1) is 6.10 Å². The van der Waals surface area contributed by atoms with Gasteiger partial charge in [0.15, 0.2) is 5.78 Å². The first-order chi connectivity index (χ1) is 9.63. The van der Waals surface area contributed by atoms with Crippen LogP contribution < -0.4 is 4.74 Å². The lowest BCUT2D eigenvalue weighted by Gasteiger charge is -2.07. The average Bonchev–Trinajstić information content (AvgIpc) is 3.25. The Bertz CT molecular complexity index is 660. The predicted molar refractivity (Wildman–Crippen MR) is 82.4 cm³/mol. The van der Waals surface area contributed by atoms with Crippen LogP contribution in [0.3, 0.4) is 0 Å². The SMILES string of the molecule is Cc1cc(C(=O)c2cccc(OC3CC3)c2)ccc1Br. The van der Waals surface area contributed by atoms with E-state index in [0.29, 0.717) is 17.2 Å². The second-order valence-electron chi connectivity index (χ2n) is 5.14. The summed E-state index contributed by atoms with van der Waals surface area (Å²) in [6.45, 7) is 1.98. The highest BCUT2D eigenvalue weighted by Gasteiger charge is 2.23. The molecule has 0 unspecified atom stereocenters. The maximum atomic E-state index is 12.5. The van der Waals surface area contributed by atoms with Gasteiger partial charge in [-0.05, 0) is 55.7 Å². The maximum Gasteiger partial charge on any atom is 0.193 e. The monoisotopic (exact) mass is 330 g/mol. The third-order valence-electron chi connectivity index (χ3n) is 3.34. The molecule has 0 heterocycles. The number of benzene rings is 2. The first kappa shape index (κ1) is 13.4. The Balaban J connectivity index is 1.86. The zero-order valence-corrected chi connectivity index (χ0v) is 12.8. The van der Waals surface area contributed by atoms with Crippen LogP contribution in [-0.4, -0.2) is 11.9 Å². The molecule has 0 radical (unpaired) electrons. The number of aryl methyl sites for hydroxylation is 1. The number of ketones is 1. The third-order valence-corrected chi connectivity index (χ3v) is 4.23. The molecule has 1 aliphatic rings. The molecule has 0 saturated heterocycles. The van der Waals surface area contributed by atoms with E-state index in [2.05, 4.69) is 15.9 Å². The first-order valence-corrected chi connectivity index (χ1v) is 7.50. The molecule has 0 bridgehead atoms. The Labute approximate surface area is 126 Å². The van der Waals surface area contributed by atoms with Crippen LogP contribution >= 0.6 is 15.9 Å². The minimum atomic E-state index is 0.0295. The van der Waals surface area contributed by atoms with Gasteiger partial charge in [0.2, 0.25) is 0 Å². The van der Waals surface area contributed by atoms with Gasteiger partial charge in [0.1, 0.15) is 5.75 Å². The van der Waals surface area contributed by atoms with Gasteiger partial charge in [-0.2, -0.15) is 0 Å². The van der Waals surface area contributed by atoms with Gasteiger partial charge in [-0.15, -0.1) is 0 Å². The van der Waals surface area contributed by atoms with Crippen molar-refractivity contribution in [2.24, 2.45) is 0 Å². The molecule has 0 spiro atoms. The quantitative estimate of drug-likeness (QED) is 0.770. The van der Waals surface area contributed by atoms with Crippen molar-refractivity contribution < 1.29 is 9.53 Å². The first-order valence-electron chi connectivity index (χ1n) is 6.71. The molecule has 102 valence electrons. The van der Waals surface area contributed by atoms with E-state index in [9.17, 15) is 4.79 Å². The molecule has 1 saturated carbocycles. The minimum Gasteiger partial charge on any atom is -0.490 e. The van der Waals surface area contributed by atoms with Crippen LogP contribution in [-0.2, 0) is 0 Å². The molecule has 2 aromatic carbocycles. The number of ether oxygens (including phenoxy) is 1. The molecule has 0 aromatic heterocycles.